The Morgan fingerprint density at radius 2 is 2.09 bits per heavy atom. The van der Waals surface area contributed by atoms with Gasteiger partial charge < -0.3 is 14.6 Å². The number of aryl methyl sites for hydroxylation is 2. The third-order valence-electron chi connectivity index (χ3n) is 4.96. The van der Waals surface area contributed by atoms with Gasteiger partial charge in [0.05, 0.1) is 5.56 Å². The predicted molar refractivity (Wildman–Crippen MR) is 90.6 cm³/mol. The molecule has 0 atom stereocenters. The maximum atomic E-state index is 12.3. The fourth-order valence-electron chi connectivity index (χ4n) is 3.33. The molecule has 0 radical (unpaired) electrons. The Morgan fingerprint density at radius 1 is 1.41 bits per heavy atom. The quantitative estimate of drug-likeness (QED) is 0.905. The summed E-state index contributed by atoms with van der Waals surface area (Å²) in [6.07, 6.45) is 7.06. The summed E-state index contributed by atoms with van der Waals surface area (Å²) < 4.78 is 5.99. The molecule has 1 amide bonds. The SMILES string of the molecule is CSC1(CN2CCC(NC(=O)c3cc(C)oc3C)CC2)CC1. The molecule has 2 heterocycles. The van der Waals surface area contributed by atoms with Crippen LogP contribution in [0.3, 0.4) is 0 Å². The van der Waals surface area contributed by atoms with Crippen LogP contribution in [0.1, 0.15) is 47.6 Å². The van der Waals surface area contributed by atoms with Crippen LogP contribution in [0.25, 0.3) is 0 Å². The minimum atomic E-state index is 0.00979. The van der Waals surface area contributed by atoms with Gasteiger partial charge >= 0.3 is 0 Å². The van der Waals surface area contributed by atoms with Crippen molar-refractivity contribution in [2.75, 3.05) is 25.9 Å². The van der Waals surface area contributed by atoms with Crippen LogP contribution < -0.4 is 5.32 Å². The highest BCUT2D eigenvalue weighted by Crippen LogP contribution is 2.47. The normalized spacial score (nSPS) is 21.8. The van der Waals surface area contributed by atoms with E-state index < -0.39 is 0 Å². The van der Waals surface area contributed by atoms with Gasteiger partial charge in [0.25, 0.3) is 5.91 Å². The van der Waals surface area contributed by atoms with Crippen LogP contribution in [0.4, 0.5) is 0 Å². The molecule has 1 aliphatic heterocycles. The van der Waals surface area contributed by atoms with E-state index in [4.69, 9.17) is 4.42 Å². The van der Waals surface area contributed by atoms with Gasteiger partial charge in [0.15, 0.2) is 0 Å². The summed E-state index contributed by atoms with van der Waals surface area (Å²) >= 11 is 2.02. The summed E-state index contributed by atoms with van der Waals surface area (Å²) in [4.78, 5) is 14.9. The Kier molecular flexibility index (Phi) is 4.55. The summed E-state index contributed by atoms with van der Waals surface area (Å²) in [5, 5.41) is 3.17. The van der Waals surface area contributed by atoms with Crippen molar-refractivity contribution in [2.45, 2.75) is 50.3 Å². The Bertz CT molecular complexity index is 543. The largest absolute Gasteiger partial charge is 0.466 e. The van der Waals surface area contributed by atoms with E-state index in [0.29, 0.717) is 22.1 Å². The molecule has 4 nitrogen and oxygen atoms in total. The highest BCUT2D eigenvalue weighted by atomic mass is 32.2. The highest BCUT2D eigenvalue weighted by molar-refractivity contribution is 8.00. The van der Waals surface area contributed by atoms with E-state index in [1.54, 1.807) is 0 Å². The van der Waals surface area contributed by atoms with Crippen molar-refractivity contribution in [1.82, 2.24) is 10.2 Å². The molecular formula is C17H26N2O2S. The summed E-state index contributed by atoms with van der Waals surface area (Å²) in [5.41, 5.74) is 0.680. The van der Waals surface area contributed by atoms with Gasteiger partial charge in [-0.3, -0.25) is 4.79 Å². The van der Waals surface area contributed by atoms with E-state index in [9.17, 15) is 4.79 Å². The molecule has 2 aliphatic rings. The second-order valence-corrected chi connectivity index (χ2v) is 8.01. The molecule has 0 unspecified atom stereocenters. The van der Waals surface area contributed by atoms with Gasteiger partial charge in [0, 0.05) is 30.4 Å². The van der Waals surface area contributed by atoms with Gasteiger partial charge in [0.1, 0.15) is 11.5 Å². The van der Waals surface area contributed by atoms with Gasteiger partial charge in [-0.2, -0.15) is 11.8 Å². The first kappa shape index (κ1) is 15.9. The average molecular weight is 322 g/mol. The number of hydrogen-bond acceptors (Lipinski definition) is 4. The molecule has 1 N–H and O–H groups in total. The lowest BCUT2D eigenvalue weighted by Gasteiger charge is -2.34. The third kappa shape index (κ3) is 3.51. The molecule has 2 fully saturated rings. The first-order valence-electron chi connectivity index (χ1n) is 8.17. The van der Waals surface area contributed by atoms with E-state index in [0.717, 1.165) is 31.7 Å². The lowest BCUT2D eigenvalue weighted by Crippen LogP contribution is -2.46. The van der Waals surface area contributed by atoms with Gasteiger partial charge in [0.2, 0.25) is 0 Å². The number of furan rings is 1. The monoisotopic (exact) mass is 322 g/mol. The number of hydrogen-bond donors (Lipinski definition) is 1. The molecule has 0 spiro atoms. The molecular weight excluding hydrogens is 296 g/mol. The van der Waals surface area contributed by atoms with Crippen molar-refractivity contribution in [3.63, 3.8) is 0 Å². The summed E-state index contributed by atoms with van der Waals surface area (Å²) in [6.45, 7) is 7.13. The van der Waals surface area contributed by atoms with Crippen LogP contribution >= 0.6 is 11.8 Å². The van der Waals surface area contributed by atoms with Crippen molar-refractivity contribution in [2.24, 2.45) is 0 Å². The van der Waals surface area contributed by atoms with Crippen molar-refractivity contribution in [1.29, 1.82) is 0 Å². The number of nitrogens with one attached hydrogen (secondary N) is 1. The zero-order valence-electron chi connectivity index (χ0n) is 13.8. The number of nitrogens with zero attached hydrogens (tertiary/aromatic N) is 1. The van der Waals surface area contributed by atoms with E-state index in [1.807, 2.05) is 31.7 Å². The fraction of sp³-hybridized carbons (Fsp3) is 0.706. The number of rotatable bonds is 5. The van der Waals surface area contributed by atoms with Crippen LogP contribution in [0.5, 0.6) is 0 Å². The van der Waals surface area contributed by atoms with E-state index in [1.165, 1.54) is 19.4 Å². The first-order valence-corrected chi connectivity index (χ1v) is 9.39. The molecule has 0 bridgehead atoms. The number of amides is 1. The lowest BCUT2D eigenvalue weighted by molar-refractivity contribution is 0.0909. The highest BCUT2D eigenvalue weighted by Gasteiger charge is 2.43. The number of thioether (sulfide) groups is 1. The van der Waals surface area contributed by atoms with Crippen molar-refractivity contribution < 1.29 is 9.21 Å². The maximum absolute atomic E-state index is 12.3. The lowest BCUT2D eigenvalue weighted by atomic mass is 10.0. The topological polar surface area (TPSA) is 45.5 Å². The van der Waals surface area contributed by atoms with Gasteiger partial charge in [-0.1, -0.05) is 0 Å². The molecule has 1 aromatic heterocycles. The second kappa shape index (κ2) is 6.28. The Hall–Kier alpha value is -0.940. The molecule has 1 saturated heterocycles. The molecule has 1 aliphatic carbocycles. The van der Waals surface area contributed by atoms with Crippen LogP contribution in [-0.2, 0) is 0 Å². The van der Waals surface area contributed by atoms with E-state index in [-0.39, 0.29) is 5.91 Å². The zero-order valence-corrected chi connectivity index (χ0v) is 14.6. The molecule has 5 heteroatoms. The van der Waals surface area contributed by atoms with Crippen LogP contribution in [0, 0.1) is 13.8 Å². The average Bonchev–Trinajstić information content (AvgIpc) is 3.18. The minimum Gasteiger partial charge on any atom is -0.466 e. The van der Waals surface area contributed by atoms with Crippen LogP contribution in [-0.4, -0.2) is 47.5 Å². The van der Waals surface area contributed by atoms with Crippen LogP contribution in [0.15, 0.2) is 10.5 Å². The Labute approximate surface area is 137 Å². The van der Waals surface area contributed by atoms with Crippen molar-refractivity contribution in [3.05, 3.63) is 23.2 Å². The van der Waals surface area contributed by atoms with E-state index in [2.05, 4.69) is 16.5 Å². The molecule has 122 valence electrons. The summed E-state index contributed by atoms with van der Waals surface area (Å²) in [6, 6.07) is 2.12. The fourth-order valence-corrected chi connectivity index (χ4v) is 4.15. The van der Waals surface area contributed by atoms with Crippen molar-refractivity contribution >= 4 is 17.7 Å². The molecule has 1 saturated carbocycles. The Balaban J connectivity index is 1.47. The number of likely N-dealkylation sites (tertiary alicyclic amines) is 1. The predicted octanol–water partition coefficient (Wildman–Crippen LogP) is 2.99. The first-order chi connectivity index (χ1) is 10.5. The van der Waals surface area contributed by atoms with Gasteiger partial charge in [-0.25, -0.2) is 0 Å². The number of carbonyl (C=O) groups excluding carboxylic acids is 1. The van der Waals surface area contributed by atoms with E-state index >= 15 is 0 Å². The zero-order chi connectivity index (χ0) is 15.7. The number of piperidine rings is 1. The molecule has 0 aromatic carbocycles. The van der Waals surface area contributed by atoms with Gasteiger partial charge in [-0.05, 0) is 51.9 Å². The third-order valence-corrected chi connectivity index (χ3v) is 6.36. The van der Waals surface area contributed by atoms with Crippen molar-refractivity contribution in [3.8, 4) is 0 Å². The second-order valence-electron chi connectivity index (χ2n) is 6.74. The molecule has 1 aromatic rings. The smallest absolute Gasteiger partial charge is 0.255 e. The Morgan fingerprint density at radius 3 is 2.59 bits per heavy atom. The maximum Gasteiger partial charge on any atom is 0.255 e. The minimum absolute atomic E-state index is 0.00979. The molecule has 3 rings (SSSR count). The standard InChI is InChI=1S/C17H26N2O2S/c1-12-10-15(13(2)21-12)16(20)18-14-4-8-19(9-5-14)11-17(22-3)6-7-17/h10,14H,4-9,11H2,1-3H3,(H,18,20). The summed E-state index contributed by atoms with van der Waals surface area (Å²) in [5.74, 6) is 1.52. The molecule has 22 heavy (non-hydrogen) atoms. The van der Waals surface area contributed by atoms with Crippen LogP contribution in [0.2, 0.25) is 0 Å². The van der Waals surface area contributed by atoms with Gasteiger partial charge in [-0.15, -0.1) is 0 Å². The number of carbonyl (C=O) groups is 1. The summed E-state index contributed by atoms with van der Waals surface area (Å²) in [7, 11) is 0.